The van der Waals surface area contributed by atoms with E-state index in [2.05, 4.69) is 5.32 Å². The topological polar surface area (TPSA) is 116 Å². The van der Waals surface area contributed by atoms with Crippen molar-refractivity contribution in [2.24, 2.45) is 5.73 Å². The lowest BCUT2D eigenvalue weighted by Gasteiger charge is -1.94. The van der Waals surface area contributed by atoms with Gasteiger partial charge >= 0.3 is 0 Å². The Morgan fingerprint density at radius 2 is 1.69 bits per heavy atom. The van der Waals surface area contributed by atoms with Crippen molar-refractivity contribution in [1.29, 1.82) is 0 Å². The molecule has 0 aromatic carbocycles. The third-order valence-electron chi connectivity index (χ3n) is 0.870. The Hall–Kier alpha value is -0.0500. The lowest BCUT2D eigenvalue weighted by Crippen LogP contribution is -2.21. The first-order valence-corrected chi connectivity index (χ1v) is 5.16. The van der Waals surface area contributed by atoms with Crippen LogP contribution in [0.25, 0.3) is 0 Å². The highest BCUT2D eigenvalue weighted by atomic mass is 32.2. The highest BCUT2D eigenvalue weighted by Crippen LogP contribution is 1.64. The Morgan fingerprint density at radius 3 is 1.85 bits per heavy atom. The van der Waals surface area contributed by atoms with Gasteiger partial charge in [-0.3, -0.25) is 0 Å². The van der Waals surface area contributed by atoms with E-state index in [1.165, 1.54) is 0 Å². The molecule has 0 aliphatic heterocycles. The van der Waals surface area contributed by atoms with Crippen LogP contribution >= 0.6 is 0 Å². The SMILES string of the molecule is NCCS(=O)O.OCCNCCO. The van der Waals surface area contributed by atoms with Gasteiger partial charge in [-0.1, -0.05) is 0 Å². The maximum Gasteiger partial charge on any atom is 0.154 e. The third-order valence-corrected chi connectivity index (χ3v) is 1.45. The average molecular weight is 214 g/mol. The number of hydrogen-bond donors (Lipinski definition) is 5. The predicted octanol–water partition coefficient (Wildman–Crippen LogP) is -2.27. The van der Waals surface area contributed by atoms with Crippen LogP contribution in [-0.2, 0) is 11.1 Å². The molecule has 0 saturated carbocycles. The van der Waals surface area contributed by atoms with Gasteiger partial charge in [-0.2, -0.15) is 0 Å². The number of hydrogen-bond acceptors (Lipinski definition) is 5. The van der Waals surface area contributed by atoms with Crippen molar-refractivity contribution in [1.82, 2.24) is 5.32 Å². The smallest absolute Gasteiger partial charge is 0.154 e. The third kappa shape index (κ3) is 24.5. The normalized spacial score (nSPS) is 11.7. The summed E-state index contributed by atoms with van der Waals surface area (Å²) in [4.78, 5) is 0. The van der Waals surface area contributed by atoms with Gasteiger partial charge in [0.05, 0.1) is 19.0 Å². The zero-order valence-corrected chi connectivity index (χ0v) is 8.29. The van der Waals surface area contributed by atoms with Gasteiger partial charge in [-0.25, -0.2) is 4.21 Å². The molecule has 13 heavy (non-hydrogen) atoms. The molecular weight excluding hydrogens is 196 g/mol. The minimum absolute atomic E-state index is 0.139. The van der Waals surface area contributed by atoms with Crippen LogP contribution in [0.5, 0.6) is 0 Å². The summed E-state index contributed by atoms with van der Waals surface area (Å²) in [5, 5.41) is 19.1. The molecule has 7 heteroatoms. The average Bonchev–Trinajstić information content (AvgIpc) is 2.06. The van der Waals surface area contributed by atoms with E-state index in [0.717, 1.165) is 0 Å². The van der Waals surface area contributed by atoms with Crippen molar-refractivity contribution in [2.75, 3.05) is 38.6 Å². The molecule has 1 unspecified atom stereocenters. The first-order chi connectivity index (χ1) is 6.18. The Kier molecular flexibility index (Phi) is 17.2. The molecule has 0 aromatic heterocycles. The van der Waals surface area contributed by atoms with E-state index in [9.17, 15) is 4.21 Å². The van der Waals surface area contributed by atoms with Crippen LogP contribution in [0, 0.1) is 0 Å². The van der Waals surface area contributed by atoms with E-state index in [1.807, 2.05) is 0 Å². The van der Waals surface area contributed by atoms with E-state index >= 15 is 0 Å². The van der Waals surface area contributed by atoms with E-state index in [-0.39, 0.29) is 25.5 Å². The van der Waals surface area contributed by atoms with Crippen molar-refractivity contribution in [3.05, 3.63) is 0 Å². The highest BCUT2D eigenvalue weighted by Gasteiger charge is 1.83. The fourth-order valence-electron chi connectivity index (χ4n) is 0.384. The van der Waals surface area contributed by atoms with Crippen molar-refractivity contribution >= 4 is 11.1 Å². The van der Waals surface area contributed by atoms with Crippen molar-refractivity contribution in [3.63, 3.8) is 0 Å². The fourth-order valence-corrected chi connectivity index (χ4v) is 0.586. The summed E-state index contributed by atoms with van der Waals surface area (Å²) in [6.45, 7) is 1.70. The maximum absolute atomic E-state index is 9.63. The molecule has 1 atom stereocenters. The zero-order chi connectivity index (χ0) is 10.5. The molecule has 0 fully saturated rings. The quantitative estimate of drug-likeness (QED) is 0.251. The molecule has 0 saturated heterocycles. The van der Waals surface area contributed by atoms with Gasteiger partial charge in [-0.15, -0.1) is 0 Å². The van der Waals surface area contributed by atoms with Gasteiger partial charge in [0.25, 0.3) is 0 Å². The van der Waals surface area contributed by atoms with Gasteiger partial charge in [0, 0.05) is 19.6 Å². The minimum atomic E-state index is -1.69. The van der Waals surface area contributed by atoms with E-state index in [4.69, 9.17) is 20.5 Å². The second-order valence-electron chi connectivity index (χ2n) is 2.01. The van der Waals surface area contributed by atoms with Crippen LogP contribution in [0.3, 0.4) is 0 Å². The highest BCUT2D eigenvalue weighted by molar-refractivity contribution is 7.79. The van der Waals surface area contributed by atoms with Gasteiger partial charge in [0.2, 0.25) is 0 Å². The molecule has 0 radical (unpaired) electrons. The Bertz CT molecular complexity index is 111. The standard InChI is InChI=1S/C4H11NO2.C2H7NO2S/c6-3-1-5-2-4-7;3-1-2-6(4)5/h5-7H,1-4H2;1-3H2,(H,4,5). The minimum Gasteiger partial charge on any atom is -0.395 e. The van der Waals surface area contributed by atoms with Crippen LogP contribution in [0.15, 0.2) is 0 Å². The molecule has 0 spiro atoms. The van der Waals surface area contributed by atoms with Gasteiger partial charge < -0.3 is 25.8 Å². The second kappa shape index (κ2) is 14.5. The van der Waals surface area contributed by atoms with Gasteiger partial charge in [0.15, 0.2) is 11.1 Å². The van der Waals surface area contributed by atoms with Crippen LogP contribution in [0.2, 0.25) is 0 Å². The molecule has 0 aliphatic rings. The number of nitrogens with one attached hydrogen (secondary N) is 1. The van der Waals surface area contributed by atoms with E-state index in [1.54, 1.807) is 0 Å². The molecule has 0 bridgehead atoms. The summed E-state index contributed by atoms with van der Waals surface area (Å²) < 4.78 is 17.6. The Morgan fingerprint density at radius 1 is 1.23 bits per heavy atom. The molecule has 0 aliphatic carbocycles. The summed E-state index contributed by atoms with van der Waals surface area (Å²) in [5.74, 6) is 0.181. The second-order valence-corrected chi connectivity index (χ2v) is 3.06. The first-order valence-electron chi connectivity index (χ1n) is 3.89. The zero-order valence-electron chi connectivity index (χ0n) is 7.48. The van der Waals surface area contributed by atoms with E-state index < -0.39 is 11.1 Å². The molecule has 82 valence electrons. The van der Waals surface area contributed by atoms with E-state index in [0.29, 0.717) is 13.1 Å². The van der Waals surface area contributed by atoms with Gasteiger partial charge in [-0.05, 0) is 0 Å². The van der Waals surface area contributed by atoms with Crippen molar-refractivity contribution in [2.45, 2.75) is 0 Å². The number of aliphatic hydroxyl groups excluding tert-OH is 2. The largest absolute Gasteiger partial charge is 0.395 e. The van der Waals surface area contributed by atoms with Crippen LogP contribution < -0.4 is 11.1 Å². The Balaban J connectivity index is 0. The number of rotatable bonds is 6. The molecule has 6 nitrogen and oxygen atoms in total. The summed E-state index contributed by atoms with van der Waals surface area (Å²) >= 11 is -1.69. The Labute approximate surface area is 80.4 Å². The monoisotopic (exact) mass is 214 g/mol. The number of nitrogens with two attached hydrogens (primary N) is 1. The fraction of sp³-hybridized carbons (Fsp3) is 1.00. The summed E-state index contributed by atoms with van der Waals surface area (Å²) in [6.07, 6.45) is 0. The predicted molar refractivity (Wildman–Crippen MR) is 51.7 cm³/mol. The van der Waals surface area contributed by atoms with Crippen molar-refractivity contribution < 1.29 is 19.0 Å². The van der Waals surface area contributed by atoms with Crippen LogP contribution in [0.4, 0.5) is 0 Å². The number of aliphatic hydroxyl groups is 2. The van der Waals surface area contributed by atoms with Crippen LogP contribution in [-0.4, -0.2) is 57.6 Å². The molecule has 0 amide bonds. The summed E-state index contributed by atoms with van der Waals surface area (Å²) in [7, 11) is 0. The lowest BCUT2D eigenvalue weighted by atomic mass is 10.6. The molecular formula is C6H18N2O4S. The first kappa shape index (κ1) is 15.4. The molecule has 6 N–H and O–H groups in total. The summed E-state index contributed by atoms with van der Waals surface area (Å²) in [5.41, 5.74) is 4.88. The maximum atomic E-state index is 9.63. The van der Waals surface area contributed by atoms with Crippen molar-refractivity contribution in [3.8, 4) is 0 Å². The van der Waals surface area contributed by atoms with Gasteiger partial charge in [0.1, 0.15) is 0 Å². The molecule has 0 rings (SSSR count). The lowest BCUT2D eigenvalue weighted by molar-refractivity contribution is 0.266. The summed E-state index contributed by atoms with van der Waals surface area (Å²) in [6, 6.07) is 0. The molecule has 0 heterocycles. The van der Waals surface area contributed by atoms with Crippen LogP contribution in [0.1, 0.15) is 0 Å². The molecule has 0 aromatic rings.